The molecule has 0 saturated heterocycles. The van der Waals surface area contributed by atoms with E-state index in [4.69, 9.17) is 4.74 Å². The van der Waals surface area contributed by atoms with E-state index in [9.17, 15) is 9.59 Å². The fraction of sp³-hybridized carbons (Fsp3) is 0.263. The van der Waals surface area contributed by atoms with E-state index >= 15 is 0 Å². The normalized spacial score (nSPS) is 14.1. The minimum absolute atomic E-state index is 0.210. The molecule has 0 aromatic heterocycles. The molecule has 22 heavy (non-hydrogen) atoms. The van der Waals surface area contributed by atoms with Crippen molar-refractivity contribution < 1.29 is 14.3 Å². The van der Waals surface area contributed by atoms with Gasteiger partial charge in [-0.25, -0.2) is 0 Å². The summed E-state index contributed by atoms with van der Waals surface area (Å²) in [5.74, 6) is -1.95. The predicted octanol–water partition coefficient (Wildman–Crippen LogP) is 4.11. The van der Waals surface area contributed by atoms with Crippen molar-refractivity contribution in [2.45, 2.75) is 20.8 Å². The van der Waals surface area contributed by atoms with Crippen LogP contribution in [0.2, 0.25) is 0 Å². The number of allylic oxidation sites excluding steroid dienone is 9. The van der Waals surface area contributed by atoms with Crippen LogP contribution in [0.15, 0.2) is 72.9 Å². The maximum atomic E-state index is 12.7. The van der Waals surface area contributed by atoms with Gasteiger partial charge in [0.05, 0.1) is 6.61 Å². The number of carbonyl (C=O) groups excluding carboxylic acids is 2. The second-order valence-corrected chi connectivity index (χ2v) is 4.30. The molecule has 1 unspecified atom stereocenters. The third-order valence-corrected chi connectivity index (χ3v) is 2.76. The van der Waals surface area contributed by atoms with Crippen LogP contribution in [0.3, 0.4) is 0 Å². The topological polar surface area (TPSA) is 43.4 Å². The van der Waals surface area contributed by atoms with E-state index in [1.165, 1.54) is 12.2 Å². The van der Waals surface area contributed by atoms with Crippen LogP contribution in [0.5, 0.6) is 0 Å². The van der Waals surface area contributed by atoms with Gasteiger partial charge in [0.15, 0.2) is 5.78 Å². The van der Waals surface area contributed by atoms with Crippen LogP contribution in [0.4, 0.5) is 0 Å². The van der Waals surface area contributed by atoms with E-state index in [2.05, 4.69) is 13.2 Å². The number of ketones is 1. The van der Waals surface area contributed by atoms with Crippen molar-refractivity contribution in [1.82, 2.24) is 0 Å². The third kappa shape index (κ3) is 5.92. The molecule has 0 aliphatic rings. The maximum absolute atomic E-state index is 12.7. The lowest BCUT2D eigenvalue weighted by atomic mass is 9.89. The van der Waals surface area contributed by atoms with Crippen LogP contribution in [-0.4, -0.2) is 18.4 Å². The number of esters is 1. The Kier molecular flexibility index (Phi) is 10.0. The Labute approximate surface area is 133 Å². The summed E-state index contributed by atoms with van der Waals surface area (Å²) in [5.41, 5.74) is 0.893. The first kappa shape index (κ1) is 19.6. The Hall–Kier alpha value is -2.42. The quantitative estimate of drug-likeness (QED) is 0.278. The molecular formula is C19H24O3. The fourth-order valence-corrected chi connectivity index (χ4v) is 1.81. The number of hydrogen-bond acceptors (Lipinski definition) is 3. The molecular weight excluding hydrogens is 276 g/mol. The Balaban J connectivity index is 5.90. The first-order valence-electron chi connectivity index (χ1n) is 7.18. The third-order valence-electron chi connectivity index (χ3n) is 2.76. The van der Waals surface area contributed by atoms with Gasteiger partial charge in [-0.3, -0.25) is 9.59 Å². The molecule has 3 nitrogen and oxygen atoms in total. The average molecular weight is 300 g/mol. The van der Waals surface area contributed by atoms with E-state index in [1.54, 1.807) is 43.4 Å². The van der Waals surface area contributed by atoms with Crippen LogP contribution < -0.4 is 0 Å². The van der Waals surface area contributed by atoms with E-state index in [0.29, 0.717) is 11.1 Å². The smallest absolute Gasteiger partial charge is 0.321 e. The molecule has 0 fully saturated rings. The first-order chi connectivity index (χ1) is 10.6. The van der Waals surface area contributed by atoms with Crippen molar-refractivity contribution >= 4 is 11.8 Å². The lowest BCUT2D eigenvalue weighted by molar-refractivity contribution is -0.148. The molecule has 0 radical (unpaired) electrons. The zero-order valence-electron chi connectivity index (χ0n) is 13.5. The van der Waals surface area contributed by atoms with E-state index in [0.717, 1.165) is 0 Å². The number of Topliss-reactive ketones (excluding diaryl/α,β-unsaturated/α-hetero) is 1. The average Bonchev–Trinajstić information content (AvgIpc) is 2.49. The van der Waals surface area contributed by atoms with Gasteiger partial charge in [-0.05, 0) is 26.3 Å². The molecule has 0 aliphatic heterocycles. The molecule has 3 heteroatoms. The van der Waals surface area contributed by atoms with Crippen molar-refractivity contribution in [3.05, 3.63) is 72.9 Å². The van der Waals surface area contributed by atoms with Gasteiger partial charge in [-0.15, -0.1) is 0 Å². The van der Waals surface area contributed by atoms with Crippen molar-refractivity contribution in [3.8, 4) is 0 Å². The lowest BCUT2D eigenvalue weighted by Crippen LogP contribution is -2.28. The number of carbonyl (C=O) groups is 2. The standard InChI is InChI=1S/C19H24O3/c1-6-11-14-15(9-4)18(20)17(19(21)22-10-5)16(12-7-2)13-8-3/h6-9,11-14,17H,2,4,10H2,1,3,5H3/b11-6-,13-8-,15-14+,16-12+. The highest BCUT2D eigenvalue weighted by Crippen LogP contribution is 2.21. The number of rotatable bonds is 9. The minimum Gasteiger partial charge on any atom is -0.465 e. The van der Waals surface area contributed by atoms with Crippen molar-refractivity contribution in [2.24, 2.45) is 5.92 Å². The molecule has 0 aromatic rings. The molecule has 0 saturated carbocycles. The summed E-state index contributed by atoms with van der Waals surface area (Å²) in [6.45, 7) is 12.8. The van der Waals surface area contributed by atoms with Gasteiger partial charge in [-0.1, -0.05) is 61.8 Å². The monoisotopic (exact) mass is 300 g/mol. The summed E-state index contributed by atoms with van der Waals surface area (Å²) in [5, 5.41) is 0. The zero-order chi connectivity index (χ0) is 17.0. The van der Waals surface area contributed by atoms with Crippen LogP contribution in [0.1, 0.15) is 20.8 Å². The summed E-state index contributed by atoms with van der Waals surface area (Å²) >= 11 is 0. The van der Waals surface area contributed by atoms with Gasteiger partial charge in [-0.2, -0.15) is 0 Å². The molecule has 0 spiro atoms. The first-order valence-corrected chi connectivity index (χ1v) is 7.18. The summed E-state index contributed by atoms with van der Waals surface area (Å²) < 4.78 is 5.05. The van der Waals surface area contributed by atoms with Gasteiger partial charge in [0, 0.05) is 5.57 Å². The second-order valence-electron chi connectivity index (χ2n) is 4.30. The Morgan fingerprint density at radius 2 is 1.82 bits per heavy atom. The van der Waals surface area contributed by atoms with Crippen LogP contribution in [0, 0.1) is 5.92 Å². The molecule has 0 aromatic carbocycles. The lowest BCUT2D eigenvalue weighted by Gasteiger charge is -2.16. The number of hydrogen-bond donors (Lipinski definition) is 0. The van der Waals surface area contributed by atoms with Crippen molar-refractivity contribution in [2.75, 3.05) is 6.61 Å². The van der Waals surface area contributed by atoms with Crippen molar-refractivity contribution in [3.63, 3.8) is 0 Å². The largest absolute Gasteiger partial charge is 0.465 e. The van der Waals surface area contributed by atoms with Gasteiger partial charge in [0.2, 0.25) is 0 Å². The summed E-state index contributed by atoms with van der Waals surface area (Å²) in [4.78, 5) is 24.9. The minimum atomic E-state index is -1.02. The number of ether oxygens (including phenoxy) is 1. The second kappa shape index (κ2) is 11.3. The SMILES string of the molecule is C=C/C=C(\C=C/C)C(C(=O)OCC)C(=O)/C(C=C)=C/C=C\C. The van der Waals surface area contributed by atoms with Crippen LogP contribution in [0.25, 0.3) is 0 Å². The van der Waals surface area contributed by atoms with Gasteiger partial charge in [0.1, 0.15) is 5.92 Å². The predicted molar refractivity (Wildman–Crippen MR) is 91.3 cm³/mol. The molecule has 0 heterocycles. The molecule has 1 atom stereocenters. The molecule has 0 rings (SSSR count). The highest BCUT2D eigenvalue weighted by molar-refractivity contribution is 6.12. The highest BCUT2D eigenvalue weighted by Gasteiger charge is 2.31. The van der Waals surface area contributed by atoms with Gasteiger partial charge >= 0.3 is 5.97 Å². The highest BCUT2D eigenvalue weighted by atomic mass is 16.5. The molecule has 0 bridgehead atoms. The summed E-state index contributed by atoms with van der Waals surface area (Å²) in [6.07, 6.45) is 13.2. The van der Waals surface area contributed by atoms with E-state index in [-0.39, 0.29) is 12.4 Å². The summed E-state index contributed by atoms with van der Waals surface area (Å²) in [7, 11) is 0. The van der Waals surface area contributed by atoms with Gasteiger partial charge in [0.25, 0.3) is 0 Å². The van der Waals surface area contributed by atoms with E-state index in [1.807, 2.05) is 13.8 Å². The van der Waals surface area contributed by atoms with Crippen molar-refractivity contribution in [1.29, 1.82) is 0 Å². The fourth-order valence-electron chi connectivity index (χ4n) is 1.81. The maximum Gasteiger partial charge on any atom is 0.321 e. The molecule has 0 N–H and O–H groups in total. The molecule has 0 amide bonds. The Bertz CT molecular complexity index is 531. The molecule has 118 valence electrons. The van der Waals surface area contributed by atoms with Crippen LogP contribution >= 0.6 is 0 Å². The Morgan fingerprint density at radius 1 is 1.14 bits per heavy atom. The Morgan fingerprint density at radius 3 is 2.27 bits per heavy atom. The molecule has 0 aliphatic carbocycles. The van der Waals surface area contributed by atoms with Crippen LogP contribution in [-0.2, 0) is 14.3 Å². The zero-order valence-corrected chi connectivity index (χ0v) is 13.5. The van der Waals surface area contributed by atoms with E-state index < -0.39 is 11.9 Å². The van der Waals surface area contributed by atoms with Gasteiger partial charge < -0.3 is 4.74 Å². The summed E-state index contributed by atoms with van der Waals surface area (Å²) in [6, 6.07) is 0.